The quantitative estimate of drug-likeness (QED) is 0.757. The first-order valence-electron chi connectivity index (χ1n) is 7.27. The van der Waals surface area contributed by atoms with Gasteiger partial charge in [-0.15, -0.1) is 0 Å². The molecular formula is C16H27N3O. The van der Waals surface area contributed by atoms with E-state index in [4.69, 9.17) is 0 Å². The lowest BCUT2D eigenvalue weighted by atomic mass is 10.0. The summed E-state index contributed by atoms with van der Waals surface area (Å²) in [5, 5.41) is 6.12. The normalized spacial score (nSPS) is 11.1. The van der Waals surface area contributed by atoms with E-state index in [1.54, 1.807) is 0 Å². The molecule has 1 aromatic rings. The van der Waals surface area contributed by atoms with Crippen LogP contribution in [-0.4, -0.2) is 50.6 Å². The number of carbonyl (C=O) groups excluding carboxylic acids is 1. The van der Waals surface area contributed by atoms with Crippen molar-refractivity contribution in [1.29, 1.82) is 0 Å². The van der Waals surface area contributed by atoms with Crippen LogP contribution in [0.25, 0.3) is 0 Å². The Hall–Kier alpha value is -1.39. The third-order valence-electron chi connectivity index (χ3n) is 3.54. The van der Waals surface area contributed by atoms with Gasteiger partial charge in [0, 0.05) is 24.7 Å². The first-order chi connectivity index (χ1) is 9.56. The average Bonchev–Trinajstić information content (AvgIpc) is 2.45. The molecular weight excluding hydrogens is 250 g/mol. The predicted octanol–water partition coefficient (Wildman–Crippen LogP) is 1.52. The molecule has 0 aromatic heterocycles. The van der Waals surface area contributed by atoms with E-state index >= 15 is 0 Å². The second-order valence-electron chi connectivity index (χ2n) is 5.34. The second-order valence-corrected chi connectivity index (χ2v) is 5.34. The lowest BCUT2D eigenvalue weighted by molar-refractivity contribution is 0.0947. The summed E-state index contributed by atoms with van der Waals surface area (Å²) in [6.07, 6.45) is 0.867. The predicted molar refractivity (Wildman–Crippen MR) is 84.2 cm³/mol. The van der Waals surface area contributed by atoms with E-state index in [-0.39, 0.29) is 5.91 Å². The van der Waals surface area contributed by atoms with E-state index in [0.717, 1.165) is 30.6 Å². The Balaban J connectivity index is 2.54. The Kier molecular flexibility index (Phi) is 7.26. The van der Waals surface area contributed by atoms with Crippen molar-refractivity contribution in [1.82, 2.24) is 15.5 Å². The van der Waals surface area contributed by atoms with Gasteiger partial charge in [0.15, 0.2) is 0 Å². The molecule has 0 saturated heterocycles. The fraction of sp³-hybridized carbons (Fsp3) is 0.562. The molecule has 112 valence electrons. The lowest BCUT2D eigenvalue weighted by Gasteiger charge is -2.21. The van der Waals surface area contributed by atoms with E-state index in [9.17, 15) is 4.79 Å². The third-order valence-corrected chi connectivity index (χ3v) is 3.54. The second kappa shape index (κ2) is 8.72. The number of nitrogens with one attached hydrogen (secondary N) is 2. The number of hydrogen-bond acceptors (Lipinski definition) is 3. The van der Waals surface area contributed by atoms with Crippen LogP contribution in [0.15, 0.2) is 24.3 Å². The van der Waals surface area contributed by atoms with Gasteiger partial charge in [-0.05, 0) is 52.5 Å². The van der Waals surface area contributed by atoms with Crippen molar-refractivity contribution in [2.45, 2.75) is 26.3 Å². The molecule has 20 heavy (non-hydrogen) atoms. The van der Waals surface area contributed by atoms with E-state index in [2.05, 4.69) is 36.4 Å². The monoisotopic (exact) mass is 277 g/mol. The van der Waals surface area contributed by atoms with E-state index < -0.39 is 0 Å². The molecule has 0 aliphatic heterocycles. The first kappa shape index (κ1) is 16.7. The zero-order valence-electron chi connectivity index (χ0n) is 13.1. The molecule has 0 saturated carbocycles. The van der Waals surface area contributed by atoms with E-state index in [1.807, 2.05) is 31.3 Å². The molecule has 0 aliphatic carbocycles. The highest BCUT2D eigenvalue weighted by Crippen LogP contribution is 2.09. The number of likely N-dealkylation sites (N-methyl/N-ethyl adjacent to an activating group) is 2. The molecule has 0 atom stereocenters. The summed E-state index contributed by atoms with van der Waals surface area (Å²) < 4.78 is 0. The molecule has 0 heterocycles. The number of hydrogen-bond donors (Lipinski definition) is 2. The maximum Gasteiger partial charge on any atom is 0.251 e. The van der Waals surface area contributed by atoms with Crippen molar-refractivity contribution < 1.29 is 4.79 Å². The zero-order valence-corrected chi connectivity index (χ0v) is 13.1. The summed E-state index contributed by atoms with van der Waals surface area (Å²) in [5.41, 5.74) is 1.88. The summed E-state index contributed by atoms with van der Waals surface area (Å²) in [4.78, 5) is 14.4. The Morgan fingerprint density at radius 1 is 1.25 bits per heavy atom. The zero-order chi connectivity index (χ0) is 15.0. The van der Waals surface area contributed by atoms with Crippen LogP contribution in [0.4, 0.5) is 0 Å². The molecule has 0 fully saturated rings. The Labute approximate surface area is 122 Å². The molecule has 1 rings (SSSR count). The first-order valence-corrected chi connectivity index (χ1v) is 7.27. The van der Waals surface area contributed by atoms with Gasteiger partial charge in [-0.1, -0.05) is 18.2 Å². The van der Waals surface area contributed by atoms with Crippen molar-refractivity contribution in [3.8, 4) is 0 Å². The number of rotatable bonds is 8. The van der Waals surface area contributed by atoms with Gasteiger partial charge in [-0.2, -0.15) is 0 Å². The molecule has 4 heteroatoms. The van der Waals surface area contributed by atoms with Crippen LogP contribution < -0.4 is 10.6 Å². The Morgan fingerprint density at radius 2 is 1.95 bits per heavy atom. The van der Waals surface area contributed by atoms with Crippen LogP contribution in [-0.2, 0) is 6.42 Å². The molecule has 0 unspecified atom stereocenters. The van der Waals surface area contributed by atoms with Crippen molar-refractivity contribution in [3.05, 3.63) is 35.4 Å². The molecule has 1 amide bonds. The van der Waals surface area contributed by atoms with Crippen LogP contribution in [0.1, 0.15) is 29.8 Å². The maximum atomic E-state index is 12.2. The van der Waals surface area contributed by atoms with Gasteiger partial charge in [0.25, 0.3) is 5.91 Å². The highest BCUT2D eigenvalue weighted by atomic mass is 16.1. The highest BCUT2D eigenvalue weighted by molar-refractivity contribution is 5.95. The summed E-state index contributed by atoms with van der Waals surface area (Å²) in [6, 6.07) is 8.31. The van der Waals surface area contributed by atoms with Gasteiger partial charge in [0.2, 0.25) is 0 Å². The van der Waals surface area contributed by atoms with Crippen molar-refractivity contribution in [2.24, 2.45) is 0 Å². The van der Waals surface area contributed by atoms with Gasteiger partial charge in [-0.25, -0.2) is 0 Å². The molecule has 2 N–H and O–H groups in total. The molecule has 4 nitrogen and oxygen atoms in total. The number of amides is 1. The molecule has 0 spiro atoms. The van der Waals surface area contributed by atoms with E-state index in [0.29, 0.717) is 12.6 Å². The van der Waals surface area contributed by atoms with Crippen LogP contribution >= 0.6 is 0 Å². The van der Waals surface area contributed by atoms with Gasteiger partial charge < -0.3 is 15.5 Å². The molecule has 0 aliphatic rings. The lowest BCUT2D eigenvalue weighted by Crippen LogP contribution is -2.36. The minimum absolute atomic E-state index is 0.0221. The fourth-order valence-corrected chi connectivity index (χ4v) is 1.92. The average molecular weight is 277 g/mol. The van der Waals surface area contributed by atoms with Crippen molar-refractivity contribution >= 4 is 5.91 Å². The van der Waals surface area contributed by atoms with Crippen LogP contribution in [0.3, 0.4) is 0 Å². The topological polar surface area (TPSA) is 44.4 Å². The SMILES string of the molecule is CNCCc1ccccc1C(=O)NCCN(C)C(C)C. The molecule has 1 aromatic carbocycles. The van der Waals surface area contributed by atoms with Crippen molar-refractivity contribution in [3.63, 3.8) is 0 Å². The molecule has 0 radical (unpaired) electrons. The van der Waals surface area contributed by atoms with Gasteiger partial charge >= 0.3 is 0 Å². The summed E-state index contributed by atoms with van der Waals surface area (Å²) in [5.74, 6) is 0.0221. The summed E-state index contributed by atoms with van der Waals surface area (Å²) in [6.45, 7) is 6.71. The molecule has 0 bridgehead atoms. The Morgan fingerprint density at radius 3 is 2.60 bits per heavy atom. The number of carbonyl (C=O) groups is 1. The fourth-order valence-electron chi connectivity index (χ4n) is 1.92. The Bertz CT molecular complexity index is 418. The highest BCUT2D eigenvalue weighted by Gasteiger charge is 2.10. The van der Waals surface area contributed by atoms with Crippen LogP contribution in [0.2, 0.25) is 0 Å². The summed E-state index contributed by atoms with van der Waals surface area (Å²) >= 11 is 0. The van der Waals surface area contributed by atoms with Crippen molar-refractivity contribution in [2.75, 3.05) is 33.7 Å². The standard InChI is InChI=1S/C16H27N3O/c1-13(2)19(4)12-11-18-16(20)15-8-6-5-7-14(15)9-10-17-3/h5-8,13,17H,9-12H2,1-4H3,(H,18,20). The van der Waals surface area contributed by atoms with Gasteiger partial charge in [0.1, 0.15) is 0 Å². The smallest absolute Gasteiger partial charge is 0.251 e. The largest absolute Gasteiger partial charge is 0.351 e. The van der Waals surface area contributed by atoms with Crippen LogP contribution in [0, 0.1) is 0 Å². The van der Waals surface area contributed by atoms with Gasteiger partial charge in [0.05, 0.1) is 0 Å². The van der Waals surface area contributed by atoms with Gasteiger partial charge in [-0.3, -0.25) is 4.79 Å². The maximum absolute atomic E-state index is 12.2. The summed E-state index contributed by atoms with van der Waals surface area (Å²) in [7, 11) is 3.99. The minimum atomic E-state index is 0.0221. The third kappa shape index (κ3) is 5.31. The number of nitrogens with zero attached hydrogens (tertiary/aromatic N) is 1. The van der Waals surface area contributed by atoms with E-state index in [1.165, 1.54) is 0 Å². The van der Waals surface area contributed by atoms with Crippen LogP contribution in [0.5, 0.6) is 0 Å². The number of benzene rings is 1. The minimum Gasteiger partial charge on any atom is -0.351 e.